The molecule has 16 heavy (non-hydrogen) atoms. The van der Waals surface area contributed by atoms with Crippen molar-refractivity contribution in [3.63, 3.8) is 0 Å². The molecule has 0 saturated carbocycles. The first-order chi connectivity index (χ1) is 7.49. The summed E-state index contributed by atoms with van der Waals surface area (Å²) in [7, 11) is 4.00. The van der Waals surface area contributed by atoms with E-state index in [9.17, 15) is 4.79 Å². The fourth-order valence-corrected chi connectivity index (χ4v) is 2.03. The zero-order valence-electron chi connectivity index (χ0n) is 9.80. The summed E-state index contributed by atoms with van der Waals surface area (Å²) in [6.45, 7) is 3.58. The third-order valence-electron chi connectivity index (χ3n) is 1.97. The van der Waals surface area contributed by atoms with Crippen LogP contribution in [0.5, 0.6) is 0 Å². The van der Waals surface area contributed by atoms with Crippen molar-refractivity contribution in [1.29, 1.82) is 0 Å². The fourth-order valence-electron chi connectivity index (χ4n) is 1.23. The maximum Gasteiger partial charge on any atom is 0.313 e. The summed E-state index contributed by atoms with van der Waals surface area (Å²) in [5, 5.41) is 13.9. The third-order valence-corrected chi connectivity index (χ3v) is 2.98. The van der Waals surface area contributed by atoms with Crippen LogP contribution in [0.25, 0.3) is 0 Å². The van der Waals surface area contributed by atoms with Crippen LogP contribution in [0.2, 0.25) is 0 Å². The summed E-state index contributed by atoms with van der Waals surface area (Å²) in [5.74, 6) is -0.726. The first-order valence-electron chi connectivity index (χ1n) is 5.03. The molecule has 90 valence electrons. The average Bonchev–Trinajstić information content (AvgIpc) is 2.52. The van der Waals surface area contributed by atoms with E-state index in [1.54, 1.807) is 0 Å². The minimum absolute atomic E-state index is 0.0765. The molecule has 0 aliphatic rings. The van der Waals surface area contributed by atoms with Crippen LogP contribution in [-0.4, -0.2) is 52.1 Å². The lowest BCUT2D eigenvalue weighted by atomic mass is 10.5. The lowest BCUT2D eigenvalue weighted by Gasteiger charge is -2.11. The molecule has 0 aromatic carbocycles. The maximum atomic E-state index is 10.5. The quantitative estimate of drug-likeness (QED) is 0.753. The predicted molar refractivity (Wildman–Crippen MR) is 63.9 cm³/mol. The second-order valence-corrected chi connectivity index (χ2v) is 4.83. The van der Waals surface area contributed by atoms with Crippen LogP contribution in [0, 0.1) is 6.92 Å². The summed E-state index contributed by atoms with van der Waals surface area (Å²) in [6.07, 6.45) is 0. The summed E-state index contributed by atoms with van der Waals surface area (Å²) < 4.78 is 1.86. The van der Waals surface area contributed by atoms with E-state index in [0.29, 0.717) is 0 Å². The van der Waals surface area contributed by atoms with Crippen molar-refractivity contribution in [2.75, 3.05) is 26.4 Å². The molecular weight excluding hydrogens is 226 g/mol. The Balaban J connectivity index is 2.63. The van der Waals surface area contributed by atoms with E-state index in [-0.39, 0.29) is 5.75 Å². The van der Waals surface area contributed by atoms with Gasteiger partial charge in [0.05, 0.1) is 23.0 Å². The molecule has 0 saturated heterocycles. The monoisotopic (exact) mass is 243 g/mol. The van der Waals surface area contributed by atoms with Gasteiger partial charge in [-0.2, -0.15) is 5.10 Å². The Kier molecular flexibility index (Phi) is 4.82. The Labute approximate surface area is 99.4 Å². The largest absolute Gasteiger partial charge is 0.481 e. The fraction of sp³-hybridized carbons (Fsp3) is 0.600. The second kappa shape index (κ2) is 5.91. The van der Waals surface area contributed by atoms with E-state index in [1.807, 2.05) is 31.8 Å². The Morgan fingerprint density at radius 2 is 2.31 bits per heavy atom. The summed E-state index contributed by atoms with van der Waals surface area (Å²) in [4.78, 5) is 12.6. The van der Waals surface area contributed by atoms with E-state index >= 15 is 0 Å². The number of carboxylic acids is 1. The van der Waals surface area contributed by atoms with Gasteiger partial charge in [0, 0.05) is 6.54 Å². The van der Waals surface area contributed by atoms with Crippen LogP contribution in [0.3, 0.4) is 0 Å². The Hall–Kier alpha value is -1.01. The van der Waals surface area contributed by atoms with Crippen LogP contribution in [0.1, 0.15) is 5.69 Å². The molecule has 6 heteroatoms. The summed E-state index contributed by atoms with van der Waals surface area (Å²) in [6, 6.07) is 1.92. The first-order valence-corrected chi connectivity index (χ1v) is 6.01. The molecule has 0 amide bonds. The van der Waals surface area contributed by atoms with Crippen molar-refractivity contribution in [3.05, 3.63) is 11.8 Å². The van der Waals surface area contributed by atoms with Gasteiger partial charge in [-0.15, -0.1) is 0 Å². The van der Waals surface area contributed by atoms with Crippen LogP contribution < -0.4 is 0 Å². The molecule has 0 bridgehead atoms. The van der Waals surface area contributed by atoms with Crippen molar-refractivity contribution in [2.45, 2.75) is 18.5 Å². The molecule has 0 fully saturated rings. The topological polar surface area (TPSA) is 58.4 Å². The summed E-state index contributed by atoms with van der Waals surface area (Å²) in [5.41, 5.74) is 0.923. The standard InChI is InChI=1S/C10H17N3O2S/c1-8-6-9(16-7-10(14)15)13(11-8)5-4-12(2)3/h6H,4-5,7H2,1-3H3,(H,14,15). The van der Waals surface area contributed by atoms with Crippen molar-refractivity contribution in [2.24, 2.45) is 0 Å². The van der Waals surface area contributed by atoms with Crippen molar-refractivity contribution in [1.82, 2.24) is 14.7 Å². The Morgan fingerprint density at radius 1 is 1.62 bits per heavy atom. The molecule has 0 aliphatic carbocycles. The number of aryl methyl sites for hydroxylation is 1. The lowest BCUT2D eigenvalue weighted by Crippen LogP contribution is -2.19. The van der Waals surface area contributed by atoms with E-state index in [2.05, 4.69) is 10.00 Å². The number of thioether (sulfide) groups is 1. The third kappa shape index (κ3) is 4.24. The van der Waals surface area contributed by atoms with Crippen molar-refractivity contribution in [3.8, 4) is 0 Å². The number of nitrogens with zero attached hydrogens (tertiary/aromatic N) is 3. The van der Waals surface area contributed by atoms with E-state index in [4.69, 9.17) is 5.11 Å². The Bertz CT molecular complexity index is 363. The molecule has 5 nitrogen and oxygen atoms in total. The van der Waals surface area contributed by atoms with Crippen LogP contribution in [0.15, 0.2) is 11.1 Å². The lowest BCUT2D eigenvalue weighted by molar-refractivity contribution is -0.133. The number of carboxylic acid groups (broad SMARTS) is 1. The number of hydrogen-bond acceptors (Lipinski definition) is 4. The van der Waals surface area contributed by atoms with E-state index < -0.39 is 5.97 Å². The van der Waals surface area contributed by atoms with Crippen LogP contribution >= 0.6 is 11.8 Å². The number of aliphatic carboxylic acids is 1. The van der Waals surface area contributed by atoms with Gasteiger partial charge in [0.1, 0.15) is 0 Å². The number of likely N-dealkylation sites (N-methyl/N-ethyl adjacent to an activating group) is 1. The highest BCUT2D eigenvalue weighted by molar-refractivity contribution is 7.99. The van der Waals surface area contributed by atoms with Gasteiger partial charge in [-0.1, -0.05) is 11.8 Å². The van der Waals surface area contributed by atoms with Crippen LogP contribution in [0.4, 0.5) is 0 Å². The highest BCUT2D eigenvalue weighted by Crippen LogP contribution is 2.18. The number of rotatable bonds is 6. The zero-order valence-corrected chi connectivity index (χ0v) is 10.6. The molecule has 1 N–H and O–H groups in total. The normalized spacial score (nSPS) is 11.0. The molecule has 1 heterocycles. The molecule has 1 aromatic heterocycles. The minimum atomic E-state index is -0.803. The molecule has 0 unspecified atom stereocenters. The molecule has 0 spiro atoms. The van der Waals surface area contributed by atoms with E-state index in [1.165, 1.54) is 11.8 Å². The molecular formula is C10H17N3O2S. The maximum absolute atomic E-state index is 10.5. The zero-order chi connectivity index (χ0) is 12.1. The van der Waals surface area contributed by atoms with E-state index in [0.717, 1.165) is 23.8 Å². The SMILES string of the molecule is Cc1cc(SCC(=O)O)n(CCN(C)C)n1. The van der Waals surface area contributed by atoms with Gasteiger partial charge in [0.25, 0.3) is 0 Å². The molecule has 0 aliphatic heterocycles. The molecule has 1 rings (SSSR count). The Morgan fingerprint density at radius 3 is 2.88 bits per heavy atom. The molecule has 0 atom stereocenters. The van der Waals surface area contributed by atoms with Crippen molar-refractivity contribution < 1.29 is 9.90 Å². The van der Waals surface area contributed by atoms with Gasteiger partial charge in [0.15, 0.2) is 0 Å². The van der Waals surface area contributed by atoms with Gasteiger partial charge < -0.3 is 10.0 Å². The number of aromatic nitrogens is 2. The van der Waals surface area contributed by atoms with Gasteiger partial charge in [-0.25, -0.2) is 0 Å². The smallest absolute Gasteiger partial charge is 0.313 e. The number of carbonyl (C=O) groups is 1. The predicted octanol–water partition coefficient (Wildman–Crippen LogP) is 0.930. The summed E-state index contributed by atoms with van der Waals surface area (Å²) >= 11 is 1.31. The molecule has 0 radical (unpaired) electrons. The number of hydrogen-bond donors (Lipinski definition) is 1. The first kappa shape index (κ1) is 13.1. The van der Waals surface area contributed by atoms with Crippen molar-refractivity contribution >= 4 is 17.7 Å². The molecule has 1 aromatic rings. The van der Waals surface area contributed by atoms with Crippen LogP contribution in [-0.2, 0) is 11.3 Å². The highest BCUT2D eigenvalue weighted by Gasteiger charge is 2.08. The second-order valence-electron chi connectivity index (χ2n) is 3.83. The van der Waals surface area contributed by atoms with Gasteiger partial charge in [0.2, 0.25) is 0 Å². The van der Waals surface area contributed by atoms with Gasteiger partial charge in [-0.3, -0.25) is 9.48 Å². The van der Waals surface area contributed by atoms with Gasteiger partial charge in [-0.05, 0) is 27.1 Å². The van der Waals surface area contributed by atoms with Gasteiger partial charge >= 0.3 is 5.97 Å². The highest BCUT2D eigenvalue weighted by atomic mass is 32.2. The average molecular weight is 243 g/mol. The minimum Gasteiger partial charge on any atom is -0.481 e.